The number of unbranched alkanes of at least 4 members (excludes halogenated alkanes) is 1. The van der Waals surface area contributed by atoms with E-state index >= 15 is 0 Å². The molecule has 0 aliphatic carbocycles. The zero-order valence-corrected chi connectivity index (χ0v) is 16.0. The minimum Gasteiger partial charge on any atom is -0.354 e. The lowest BCUT2D eigenvalue weighted by atomic mass is 10.1. The van der Waals surface area contributed by atoms with Crippen LogP contribution < -0.4 is 16.3 Å². The Balaban J connectivity index is 1.33. The van der Waals surface area contributed by atoms with E-state index < -0.39 is 5.69 Å². The number of thiazole rings is 1. The number of aromatic amines is 1. The largest absolute Gasteiger partial charge is 0.354 e. The van der Waals surface area contributed by atoms with Crippen LogP contribution in [0.25, 0.3) is 10.2 Å². The molecule has 0 unspecified atom stereocenters. The van der Waals surface area contributed by atoms with Crippen LogP contribution in [0.4, 0.5) is 17.6 Å². The first-order valence-electron chi connectivity index (χ1n) is 9.13. The molecule has 3 N–H and O–H groups in total. The third-order valence-corrected chi connectivity index (χ3v) is 5.05. The van der Waals surface area contributed by atoms with Crippen LogP contribution in [0, 0.1) is 0 Å². The molecular weight excluding hydrogens is 372 g/mol. The van der Waals surface area contributed by atoms with Crippen LogP contribution in [-0.4, -0.2) is 26.5 Å². The Kier molecular flexibility index (Phi) is 5.58. The molecule has 4 rings (SSSR count). The average Bonchev–Trinajstić information content (AvgIpc) is 3.16. The first-order valence-corrected chi connectivity index (χ1v) is 10.0. The Morgan fingerprint density at radius 1 is 1.04 bits per heavy atom. The van der Waals surface area contributed by atoms with Crippen LogP contribution in [0.15, 0.2) is 58.8 Å². The highest BCUT2D eigenvalue weighted by atomic mass is 32.1. The number of nitrogens with zero attached hydrogens (tertiary/aromatic N) is 3. The summed E-state index contributed by atoms with van der Waals surface area (Å²) in [5.74, 6) is 0.681. The predicted octanol–water partition coefficient (Wildman–Crippen LogP) is 3.95. The van der Waals surface area contributed by atoms with Gasteiger partial charge in [0.25, 0.3) is 0 Å². The van der Waals surface area contributed by atoms with Gasteiger partial charge in [-0.3, -0.25) is 4.98 Å². The van der Waals surface area contributed by atoms with Crippen molar-refractivity contribution in [1.82, 2.24) is 19.9 Å². The first-order chi connectivity index (χ1) is 13.8. The van der Waals surface area contributed by atoms with Gasteiger partial charge in [0.15, 0.2) is 0 Å². The van der Waals surface area contributed by atoms with Gasteiger partial charge in [0.2, 0.25) is 11.9 Å². The van der Waals surface area contributed by atoms with Gasteiger partial charge in [-0.15, -0.1) is 11.3 Å². The maximum atomic E-state index is 11.9. The molecule has 0 aliphatic rings. The smallest absolute Gasteiger partial charge is 0.351 e. The maximum absolute atomic E-state index is 11.9. The second-order valence-electron chi connectivity index (χ2n) is 6.36. The summed E-state index contributed by atoms with van der Waals surface area (Å²) in [6.45, 7) is 0.711. The summed E-state index contributed by atoms with van der Waals surface area (Å²) >= 11 is 1.56. The van der Waals surface area contributed by atoms with Crippen molar-refractivity contribution in [3.8, 4) is 0 Å². The van der Waals surface area contributed by atoms with Crippen LogP contribution in [0.2, 0.25) is 0 Å². The van der Waals surface area contributed by atoms with Gasteiger partial charge in [-0.2, -0.15) is 9.97 Å². The van der Waals surface area contributed by atoms with E-state index in [1.165, 1.54) is 5.56 Å². The Morgan fingerprint density at radius 3 is 2.82 bits per heavy atom. The summed E-state index contributed by atoms with van der Waals surface area (Å²) in [4.78, 5) is 27.0. The molecule has 0 atom stereocenters. The number of benzene rings is 2. The van der Waals surface area contributed by atoms with Crippen molar-refractivity contribution >= 4 is 39.1 Å². The predicted molar refractivity (Wildman–Crippen MR) is 113 cm³/mol. The molecule has 7 nitrogen and oxygen atoms in total. The molecule has 142 valence electrons. The number of aromatic nitrogens is 4. The number of hydrogen-bond donors (Lipinski definition) is 3. The summed E-state index contributed by atoms with van der Waals surface area (Å²) in [5, 5.41) is 6.26. The maximum Gasteiger partial charge on any atom is 0.351 e. The van der Waals surface area contributed by atoms with Gasteiger partial charge in [-0.1, -0.05) is 30.3 Å². The molecule has 2 aromatic carbocycles. The Hall–Kier alpha value is -3.26. The topological polar surface area (TPSA) is 95.6 Å². The lowest BCUT2D eigenvalue weighted by Gasteiger charge is -2.08. The fourth-order valence-corrected chi connectivity index (χ4v) is 3.61. The Bertz CT molecular complexity index is 1110. The highest BCUT2D eigenvalue weighted by Crippen LogP contribution is 2.23. The number of hydrogen-bond acceptors (Lipinski definition) is 7. The second kappa shape index (κ2) is 8.62. The number of anilines is 3. The van der Waals surface area contributed by atoms with Gasteiger partial charge in [0, 0.05) is 12.2 Å². The fourth-order valence-electron chi connectivity index (χ4n) is 2.89. The molecule has 8 heteroatoms. The third-order valence-electron chi connectivity index (χ3n) is 4.26. The van der Waals surface area contributed by atoms with Crippen molar-refractivity contribution in [1.29, 1.82) is 0 Å². The summed E-state index contributed by atoms with van der Waals surface area (Å²) in [7, 11) is 0. The molecule has 4 aromatic rings. The SMILES string of the molecule is O=c1nc(NCCCCc2ccccc2)nc(Nc2ccc3ncsc3c2)[nH]1. The van der Waals surface area contributed by atoms with Crippen LogP contribution >= 0.6 is 11.3 Å². The molecule has 0 saturated carbocycles. The average molecular weight is 392 g/mol. The standard InChI is InChI=1S/C20H20N6OS/c27-20-25-18(21-11-5-4-8-14-6-2-1-3-7-14)24-19(26-20)23-15-9-10-16-17(12-15)28-13-22-16/h1-3,6-7,9-10,12-13H,4-5,8,11H2,(H3,21,23,24,25,26,27). The van der Waals surface area contributed by atoms with E-state index in [4.69, 9.17) is 0 Å². The highest BCUT2D eigenvalue weighted by Gasteiger charge is 2.05. The molecule has 0 radical (unpaired) electrons. The highest BCUT2D eigenvalue weighted by molar-refractivity contribution is 7.16. The quantitative estimate of drug-likeness (QED) is 0.393. The van der Waals surface area contributed by atoms with Crippen molar-refractivity contribution in [2.45, 2.75) is 19.3 Å². The Morgan fingerprint density at radius 2 is 1.93 bits per heavy atom. The zero-order chi connectivity index (χ0) is 19.2. The van der Waals surface area contributed by atoms with Gasteiger partial charge >= 0.3 is 5.69 Å². The lowest BCUT2D eigenvalue weighted by molar-refractivity contribution is 0.757. The number of fused-ring (bicyclic) bond motifs is 1. The second-order valence-corrected chi connectivity index (χ2v) is 7.24. The molecule has 0 bridgehead atoms. The molecule has 2 aromatic heterocycles. The molecule has 28 heavy (non-hydrogen) atoms. The number of aryl methyl sites for hydroxylation is 1. The van der Waals surface area contributed by atoms with Crippen molar-refractivity contribution in [2.24, 2.45) is 0 Å². The van der Waals surface area contributed by atoms with E-state index in [-0.39, 0.29) is 0 Å². The molecule has 0 fully saturated rings. The van der Waals surface area contributed by atoms with Crippen LogP contribution in [-0.2, 0) is 6.42 Å². The van der Waals surface area contributed by atoms with Crippen molar-refractivity contribution in [3.63, 3.8) is 0 Å². The number of H-pyrrole nitrogens is 1. The van der Waals surface area contributed by atoms with E-state index in [2.05, 4.69) is 54.8 Å². The minimum absolute atomic E-state index is 0.324. The molecule has 0 amide bonds. The minimum atomic E-state index is -0.442. The Labute approximate surface area is 165 Å². The van der Waals surface area contributed by atoms with Crippen molar-refractivity contribution in [3.05, 3.63) is 70.1 Å². The molecule has 0 saturated heterocycles. The fraction of sp³-hybridized carbons (Fsp3) is 0.200. The van der Waals surface area contributed by atoms with Gasteiger partial charge in [0.1, 0.15) is 0 Å². The van der Waals surface area contributed by atoms with Crippen molar-refractivity contribution in [2.75, 3.05) is 17.2 Å². The van der Waals surface area contributed by atoms with E-state index in [1.54, 1.807) is 16.8 Å². The third kappa shape index (κ3) is 4.72. The van der Waals surface area contributed by atoms with E-state index in [1.807, 2.05) is 24.3 Å². The summed E-state index contributed by atoms with van der Waals surface area (Å²) in [5.41, 5.74) is 4.48. The van der Waals surface area contributed by atoms with Gasteiger partial charge < -0.3 is 10.6 Å². The summed E-state index contributed by atoms with van der Waals surface area (Å²) < 4.78 is 1.07. The van der Waals surface area contributed by atoms with E-state index in [0.29, 0.717) is 18.4 Å². The molecule has 0 aliphatic heterocycles. The van der Waals surface area contributed by atoms with Crippen molar-refractivity contribution < 1.29 is 0 Å². The lowest BCUT2D eigenvalue weighted by Crippen LogP contribution is -2.18. The first kappa shape index (κ1) is 18.1. The normalized spacial score (nSPS) is 10.9. The van der Waals surface area contributed by atoms with E-state index in [0.717, 1.165) is 35.2 Å². The summed E-state index contributed by atoms with van der Waals surface area (Å²) in [6.07, 6.45) is 3.06. The zero-order valence-electron chi connectivity index (χ0n) is 15.2. The van der Waals surface area contributed by atoms with Gasteiger partial charge in [-0.25, -0.2) is 9.78 Å². The van der Waals surface area contributed by atoms with Crippen LogP contribution in [0.5, 0.6) is 0 Å². The van der Waals surface area contributed by atoms with E-state index in [9.17, 15) is 4.79 Å². The monoisotopic (exact) mass is 392 g/mol. The molecule has 2 heterocycles. The van der Waals surface area contributed by atoms with Crippen LogP contribution in [0.3, 0.4) is 0 Å². The molecular formula is C20H20N6OS. The van der Waals surface area contributed by atoms with Gasteiger partial charge in [0.05, 0.1) is 15.7 Å². The molecule has 0 spiro atoms. The van der Waals surface area contributed by atoms with Crippen LogP contribution in [0.1, 0.15) is 18.4 Å². The number of rotatable bonds is 8. The summed E-state index contributed by atoms with van der Waals surface area (Å²) in [6, 6.07) is 16.2. The van der Waals surface area contributed by atoms with Gasteiger partial charge in [-0.05, 0) is 43.0 Å². The number of nitrogens with one attached hydrogen (secondary N) is 3.